The normalized spacial score (nSPS) is 15.9. The van der Waals surface area contributed by atoms with Crippen LogP contribution in [0.2, 0.25) is 0 Å². The molecule has 0 aromatic heterocycles. The molecule has 0 aliphatic carbocycles. The monoisotopic (exact) mass is 510 g/mol. The molecule has 196 valence electrons. The fraction of sp³-hybridized carbons (Fsp3) is 0.367. The molecular weight excluding hydrogens is 477 g/mol. The summed E-state index contributed by atoms with van der Waals surface area (Å²) in [4.78, 5) is 14.5. The Balaban J connectivity index is 1.15. The minimum atomic E-state index is -4.32. The highest BCUT2D eigenvalue weighted by Crippen LogP contribution is 2.31. The Hall–Kier alpha value is -3.16. The SMILES string of the molecule is O=C(NCCCC(O)N1CCC(Cc2cccc(C(F)(F)F)c2)CC1)c1ccc(-c2ccccc2)cc1. The second kappa shape index (κ2) is 12.4. The second-order valence-corrected chi connectivity index (χ2v) is 9.70. The van der Waals surface area contributed by atoms with Crippen molar-refractivity contribution in [3.63, 3.8) is 0 Å². The zero-order valence-corrected chi connectivity index (χ0v) is 20.8. The van der Waals surface area contributed by atoms with Gasteiger partial charge in [-0.15, -0.1) is 0 Å². The lowest BCUT2D eigenvalue weighted by molar-refractivity contribution is -0.137. The molecule has 0 radical (unpaired) electrons. The van der Waals surface area contributed by atoms with E-state index in [4.69, 9.17) is 0 Å². The summed E-state index contributed by atoms with van der Waals surface area (Å²) in [6.07, 6.45) is -1.42. The van der Waals surface area contributed by atoms with Crippen molar-refractivity contribution in [2.75, 3.05) is 19.6 Å². The fourth-order valence-corrected chi connectivity index (χ4v) is 4.88. The van der Waals surface area contributed by atoms with E-state index in [1.807, 2.05) is 59.5 Å². The summed E-state index contributed by atoms with van der Waals surface area (Å²) in [5.74, 6) is 0.170. The predicted molar refractivity (Wildman–Crippen MR) is 139 cm³/mol. The number of aliphatic hydroxyl groups excluding tert-OH is 1. The first-order chi connectivity index (χ1) is 17.8. The van der Waals surface area contributed by atoms with Crippen LogP contribution in [0.1, 0.15) is 47.2 Å². The van der Waals surface area contributed by atoms with Gasteiger partial charge in [0.1, 0.15) is 6.23 Å². The van der Waals surface area contributed by atoms with E-state index in [0.717, 1.165) is 30.0 Å². The molecule has 3 aromatic carbocycles. The quantitative estimate of drug-likeness (QED) is 0.339. The van der Waals surface area contributed by atoms with Crippen LogP contribution in [0.25, 0.3) is 11.1 Å². The molecule has 37 heavy (non-hydrogen) atoms. The molecule has 1 atom stereocenters. The van der Waals surface area contributed by atoms with Gasteiger partial charge in [-0.05, 0) is 72.9 Å². The number of benzene rings is 3. The summed E-state index contributed by atoms with van der Waals surface area (Å²) in [6.45, 7) is 1.90. The maximum Gasteiger partial charge on any atom is 0.416 e. The largest absolute Gasteiger partial charge is 0.416 e. The Morgan fingerprint density at radius 3 is 2.30 bits per heavy atom. The Morgan fingerprint density at radius 1 is 0.946 bits per heavy atom. The molecule has 1 heterocycles. The van der Waals surface area contributed by atoms with Gasteiger partial charge in [-0.3, -0.25) is 9.69 Å². The molecule has 0 spiro atoms. The molecule has 1 fully saturated rings. The van der Waals surface area contributed by atoms with E-state index in [9.17, 15) is 23.1 Å². The number of likely N-dealkylation sites (tertiary alicyclic amines) is 1. The maximum atomic E-state index is 13.0. The van der Waals surface area contributed by atoms with Gasteiger partial charge in [0.2, 0.25) is 0 Å². The zero-order valence-electron chi connectivity index (χ0n) is 20.8. The fourth-order valence-electron chi connectivity index (χ4n) is 4.88. The van der Waals surface area contributed by atoms with E-state index in [0.29, 0.717) is 55.9 Å². The Labute approximate surface area is 216 Å². The molecule has 1 aliphatic rings. The number of hydrogen-bond donors (Lipinski definition) is 2. The van der Waals surface area contributed by atoms with Crippen molar-refractivity contribution in [2.24, 2.45) is 5.92 Å². The average Bonchev–Trinajstić information content (AvgIpc) is 2.91. The predicted octanol–water partition coefficient (Wildman–Crippen LogP) is 6.16. The zero-order chi connectivity index (χ0) is 26.3. The molecule has 0 bridgehead atoms. The summed E-state index contributed by atoms with van der Waals surface area (Å²) < 4.78 is 38.9. The highest BCUT2D eigenvalue weighted by molar-refractivity contribution is 5.94. The number of nitrogens with one attached hydrogen (secondary N) is 1. The highest BCUT2D eigenvalue weighted by Gasteiger charge is 2.31. The summed E-state index contributed by atoms with van der Waals surface area (Å²) in [5.41, 5.74) is 2.86. The van der Waals surface area contributed by atoms with Crippen molar-refractivity contribution in [3.05, 3.63) is 95.6 Å². The van der Waals surface area contributed by atoms with Gasteiger partial charge >= 0.3 is 6.18 Å². The van der Waals surface area contributed by atoms with Crippen molar-refractivity contribution in [2.45, 2.75) is 44.5 Å². The number of alkyl halides is 3. The minimum absolute atomic E-state index is 0.135. The lowest BCUT2D eigenvalue weighted by Crippen LogP contribution is -2.42. The number of rotatable bonds is 9. The number of carbonyl (C=O) groups is 1. The molecule has 7 heteroatoms. The van der Waals surface area contributed by atoms with Crippen LogP contribution in [0.5, 0.6) is 0 Å². The molecule has 4 rings (SSSR count). The van der Waals surface area contributed by atoms with Crippen LogP contribution in [-0.2, 0) is 12.6 Å². The molecular formula is C30H33F3N2O2. The smallest absolute Gasteiger partial charge is 0.378 e. The van der Waals surface area contributed by atoms with E-state index in [-0.39, 0.29) is 5.91 Å². The van der Waals surface area contributed by atoms with Gasteiger partial charge in [-0.1, -0.05) is 60.7 Å². The standard InChI is InChI=1S/C30H33F3N2O2/c31-30(32,33)27-9-4-6-23(21-27)20-22-15-18-35(19-16-22)28(36)10-5-17-34-29(37)26-13-11-25(12-14-26)24-7-2-1-3-8-24/h1-4,6-9,11-14,21-22,28,36H,5,10,15-20H2,(H,34,37). The van der Waals surface area contributed by atoms with Crippen LogP contribution in [0.4, 0.5) is 13.2 Å². The van der Waals surface area contributed by atoms with Crippen LogP contribution in [0.3, 0.4) is 0 Å². The van der Waals surface area contributed by atoms with Gasteiger partial charge in [0.05, 0.1) is 5.56 Å². The van der Waals surface area contributed by atoms with Crippen LogP contribution >= 0.6 is 0 Å². The molecule has 3 aromatic rings. The Bertz CT molecular complexity index is 1140. The van der Waals surface area contributed by atoms with Crippen molar-refractivity contribution >= 4 is 5.91 Å². The van der Waals surface area contributed by atoms with Crippen LogP contribution in [0, 0.1) is 5.92 Å². The molecule has 4 nitrogen and oxygen atoms in total. The van der Waals surface area contributed by atoms with Gasteiger partial charge in [-0.25, -0.2) is 0 Å². The first-order valence-electron chi connectivity index (χ1n) is 12.8. The first kappa shape index (κ1) is 26.9. The third-order valence-electron chi connectivity index (χ3n) is 7.03. The minimum Gasteiger partial charge on any atom is -0.378 e. The number of carbonyl (C=O) groups excluding carboxylic acids is 1. The molecule has 0 saturated carbocycles. The molecule has 1 unspecified atom stereocenters. The van der Waals surface area contributed by atoms with E-state index >= 15 is 0 Å². The second-order valence-electron chi connectivity index (χ2n) is 9.70. The lowest BCUT2D eigenvalue weighted by atomic mass is 9.89. The molecule has 1 amide bonds. The summed E-state index contributed by atoms with van der Waals surface area (Å²) in [5, 5.41) is 13.5. The number of aliphatic hydroxyl groups is 1. The van der Waals surface area contributed by atoms with Crippen LogP contribution < -0.4 is 5.32 Å². The van der Waals surface area contributed by atoms with Crippen LogP contribution in [0.15, 0.2) is 78.9 Å². The lowest BCUT2D eigenvalue weighted by Gasteiger charge is -2.35. The topological polar surface area (TPSA) is 52.6 Å². The number of halogens is 3. The summed E-state index contributed by atoms with van der Waals surface area (Å²) in [7, 11) is 0. The third-order valence-corrected chi connectivity index (χ3v) is 7.03. The van der Waals surface area contributed by atoms with E-state index in [1.54, 1.807) is 6.07 Å². The average molecular weight is 511 g/mol. The maximum absolute atomic E-state index is 13.0. The molecule has 1 aliphatic heterocycles. The van der Waals surface area contributed by atoms with Gasteiger partial charge in [0.15, 0.2) is 0 Å². The van der Waals surface area contributed by atoms with E-state index < -0.39 is 18.0 Å². The van der Waals surface area contributed by atoms with Gasteiger partial charge < -0.3 is 10.4 Å². The third kappa shape index (κ3) is 7.66. The van der Waals surface area contributed by atoms with Crippen molar-refractivity contribution in [3.8, 4) is 11.1 Å². The highest BCUT2D eigenvalue weighted by atomic mass is 19.4. The van der Waals surface area contributed by atoms with Crippen LogP contribution in [-0.4, -0.2) is 41.8 Å². The van der Waals surface area contributed by atoms with Crippen molar-refractivity contribution in [1.29, 1.82) is 0 Å². The number of piperidine rings is 1. The number of hydrogen-bond acceptors (Lipinski definition) is 3. The number of amides is 1. The van der Waals surface area contributed by atoms with E-state index in [2.05, 4.69) is 5.32 Å². The van der Waals surface area contributed by atoms with Gasteiger partial charge in [-0.2, -0.15) is 13.2 Å². The van der Waals surface area contributed by atoms with Crippen molar-refractivity contribution < 1.29 is 23.1 Å². The molecule has 2 N–H and O–H groups in total. The van der Waals surface area contributed by atoms with Gasteiger partial charge in [0, 0.05) is 25.2 Å². The van der Waals surface area contributed by atoms with E-state index in [1.165, 1.54) is 12.1 Å². The summed E-state index contributed by atoms with van der Waals surface area (Å²) in [6, 6.07) is 23.0. The molecule has 1 saturated heterocycles. The summed E-state index contributed by atoms with van der Waals surface area (Å²) >= 11 is 0. The van der Waals surface area contributed by atoms with Crippen molar-refractivity contribution in [1.82, 2.24) is 10.2 Å². The first-order valence-corrected chi connectivity index (χ1v) is 12.8. The Morgan fingerprint density at radius 2 is 1.62 bits per heavy atom. The van der Waals surface area contributed by atoms with Gasteiger partial charge in [0.25, 0.3) is 5.91 Å². The Kier molecular flexibility index (Phi) is 9.00. The number of nitrogens with zero attached hydrogens (tertiary/aromatic N) is 1.